The number of aliphatic hydroxyl groups is 1. The number of aromatic hydroxyl groups is 3. The molecule has 5 rings (SSSR count). The van der Waals surface area contributed by atoms with Crippen LogP contribution in [0.3, 0.4) is 0 Å². The Bertz CT molecular complexity index is 1280. The molecular formula is C26H26O8. The third-order valence-corrected chi connectivity index (χ3v) is 6.67. The van der Waals surface area contributed by atoms with Gasteiger partial charge in [0.05, 0.1) is 27.4 Å². The number of phenolic OH excluding ortho intramolecular Hbond substituents is 3. The van der Waals surface area contributed by atoms with Gasteiger partial charge in [-0.05, 0) is 47.7 Å². The zero-order chi connectivity index (χ0) is 24.1. The molecule has 3 aromatic rings. The van der Waals surface area contributed by atoms with E-state index in [-0.39, 0.29) is 34.3 Å². The van der Waals surface area contributed by atoms with Crippen molar-refractivity contribution in [3.8, 4) is 51.4 Å². The lowest BCUT2D eigenvalue weighted by Gasteiger charge is -2.35. The van der Waals surface area contributed by atoms with E-state index in [1.165, 1.54) is 20.3 Å². The fourth-order valence-corrected chi connectivity index (χ4v) is 5.08. The van der Waals surface area contributed by atoms with Gasteiger partial charge in [-0.15, -0.1) is 0 Å². The van der Waals surface area contributed by atoms with E-state index in [0.717, 1.165) is 34.2 Å². The predicted octanol–water partition coefficient (Wildman–Crippen LogP) is 3.63. The van der Waals surface area contributed by atoms with Crippen LogP contribution in [-0.4, -0.2) is 47.9 Å². The lowest BCUT2D eigenvalue weighted by atomic mass is 9.80. The molecule has 1 aliphatic carbocycles. The molecule has 0 saturated carbocycles. The Balaban J connectivity index is 1.63. The van der Waals surface area contributed by atoms with Crippen LogP contribution in [0, 0.1) is 0 Å². The first-order valence-corrected chi connectivity index (χ1v) is 10.9. The van der Waals surface area contributed by atoms with E-state index in [2.05, 4.69) is 0 Å². The van der Waals surface area contributed by atoms with Crippen LogP contribution in [0.2, 0.25) is 0 Å². The second-order valence-corrected chi connectivity index (χ2v) is 8.46. The Hall–Kier alpha value is -3.78. The van der Waals surface area contributed by atoms with Crippen LogP contribution in [0.25, 0.3) is 11.1 Å². The maximum absolute atomic E-state index is 11.1. The first-order valence-electron chi connectivity index (χ1n) is 10.9. The summed E-state index contributed by atoms with van der Waals surface area (Å²) in [7, 11) is 4.30. The summed E-state index contributed by atoms with van der Waals surface area (Å²) in [4.78, 5) is 0. The summed E-state index contributed by atoms with van der Waals surface area (Å²) in [6.45, 7) is 0. The summed E-state index contributed by atoms with van der Waals surface area (Å²) in [5.41, 5.74) is 5.12. The van der Waals surface area contributed by atoms with Crippen molar-refractivity contribution in [2.75, 3.05) is 21.3 Å². The minimum Gasteiger partial charge on any atom is -0.508 e. The van der Waals surface area contributed by atoms with Gasteiger partial charge in [0.2, 0.25) is 11.5 Å². The Kier molecular flexibility index (Phi) is 5.32. The summed E-state index contributed by atoms with van der Waals surface area (Å²) >= 11 is 0. The van der Waals surface area contributed by atoms with Gasteiger partial charge in [0.25, 0.3) is 0 Å². The molecule has 2 aliphatic rings. The highest BCUT2D eigenvalue weighted by atomic mass is 16.5. The SMILES string of the molecule is COc1cc([C@@H]2Oc3cc(OC)c4c(c3C[C@H]2O)CCc2cc(O)ccc2-4)c(O)c(OC)c1O. The molecule has 0 radical (unpaired) electrons. The van der Waals surface area contributed by atoms with E-state index >= 15 is 0 Å². The van der Waals surface area contributed by atoms with Gasteiger partial charge < -0.3 is 39.4 Å². The average molecular weight is 466 g/mol. The van der Waals surface area contributed by atoms with E-state index in [9.17, 15) is 20.4 Å². The second kappa shape index (κ2) is 8.22. The van der Waals surface area contributed by atoms with Crippen molar-refractivity contribution in [2.45, 2.75) is 31.5 Å². The standard InChI is InChI=1S/C26H26O8/c1-31-20-11-19-16(15-6-4-12-8-13(27)5-7-14(12)22(15)20)9-18(28)25(34-19)17-10-21(32-2)24(30)26(33-3)23(17)29/h5,7-8,10-11,18,25,27-30H,4,6,9H2,1-3H3/t18-,25+/m1/s1. The summed E-state index contributed by atoms with van der Waals surface area (Å²) in [5, 5.41) is 42.0. The summed E-state index contributed by atoms with van der Waals surface area (Å²) in [5.74, 6) is 0.678. The van der Waals surface area contributed by atoms with Crippen molar-refractivity contribution in [1.82, 2.24) is 0 Å². The molecule has 0 unspecified atom stereocenters. The van der Waals surface area contributed by atoms with Crippen LogP contribution in [0.5, 0.6) is 40.2 Å². The molecular weight excluding hydrogens is 440 g/mol. The van der Waals surface area contributed by atoms with Gasteiger partial charge in [-0.25, -0.2) is 0 Å². The van der Waals surface area contributed by atoms with Gasteiger partial charge in [-0.2, -0.15) is 0 Å². The second-order valence-electron chi connectivity index (χ2n) is 8.46. The van der Waals surface area contributed by atoms with E-state index in [0.29, 0.717) is 24.3 Å². The Morgan fingerprint density at radius 1 is 0.853 bits per heavy atom. The Morgan fingerprint density at radius 3 is 2.32 bits per heavy atom. The number of aryl methyl sites for hydroxylation is 1. The van der Waals surface area contributed by atoms with Gasteiger partial charge in [0, 0.05) is 29.2 Å². The van der Waals surface area contributed by atoms with Crippen molar-refractivity contribution >= 4 is 0 Å². The minimum absolute atomic E-state index is 0.0918. The summed E-state index contributed by atoms with van der Waals surface area (Å²) in [6.07, 6.45) is -0.158. The lowest BCUT2D eigenvalue weighted by Crippen LogP contribution is -2.31. The highest BCUT2D eigenvalue weighted by molar-refractivity contribution is 5.82. The maximum Gasteiger partial charge on any atom is 0.207 e. The molecule has 0 bridgehead atoms. The van der Waals surface area contributed by atoms with Crippen LogP contribution in [0.4, 0.5) is 0 Å². The number of aliphatic hydroxyl groups excluding tert-OH is 1. The largest absolute Gasteiger partial charge is 0.508 e. The van der Waals surface area contributed by atoms with Crippen LogP contribution >= 0.6 is 0 Å². The van der Waals surface area contributed by atoms with Gasteiger partial charge in [0.15, 0.2) is 17.6 Å². The number of phenols is 3. The molecule has 1 aliphatic heterocycles. The monoisotopic (exact) mass is 466 g/mol. The van der Waals surface area contributed by atoms with E-state index < -0.39 is 12.2 Å². The molecule has 0 spiro atoms. The van der Waals surface area contributed by atoms with Crippen molar-refractivity contribution in [1.29, 1.82) is 0 Å². The first kappa shape index (κ1) is 22.0. The Morgan fingerprint density at radius 2 is 1.62 bits per heavy atom. The number of rotatable bonds is 4. The number of benzene rings is 3. The number of hydrogen-bond donors (Lipinski definition) is 4. The lowest BCUT2D eigenvalue weighted by molar-refractivity contribution is 0.0187. The van der Waals surface area contributed by atoms with E-state index in [1.54, 1.807) is 25.3 Å². The van der Waals surface area contributed by atoms with Crippen LogP contribution in [0.1, 0.15) is 28.4 Å². The van der Waals surface area contributed by atoms with Crippen molar-refractivity contribution in [3.63, 3.8) is 0 Å². The van der Waals surface area contributed by atoms with Gasteiger partial charge in [0.1, 0.15) is 17.2 Å². The van der Waals surface area contributed by atoms with Gasteiger partial charge >= 0.3 is 0 Å². The molecule has 4 N–H and O–H groups in total. The van der Waals surface area contributed by atoms with E-state index in [4.69, 9.17) is 18.9 Å². The number of hydrogen-bond acceptors (Lipinski definition) is 8. The van der Waals surface area contributed by atoms with Gasteiger partial charge in [-0.1, -0.05) is 6.07 Å². The van der Waals surface area contributed by atoms with Crippen molar-refractivity contribution < 1.29 is 39.4 Å². The fraction of sp³-hybridized carbons (Fsp3) is 0.308. The molecule has 0 saturated heterocycles. The van der Waals surface area contributed by atoms with Crippen LogP contribution < -0.4 is 18.9 Å². The topological polar surface area (TPSA) is 118 Å². The third kappa shape index (κ3) is 3.25. The molecule has 2 atom stereocenters. The Labute approximate surface area is 196 Å². The highest BCUT2D eigenvalue weighted by Gasteiger charge is 2.37. The molecule has 1 heterocycles. The van der Waals surface area contributed by atoms with Crippen molar-refractivity contribution in [2.24, 2.45) is 0 Å². The predicted molar refractivity (Wildman–Crippen MR) is 123 cm³/mol. The van der Waals surface area contributed by atoms with Crippen LogP contribution in [-0.2, 0) is 19.3 Å². The number of methoxy groups -OCH3 is 3. The summed E-state index contributed by atoms with van der Waals surface area (Å²) < 4.78 is 22.3. The first-order chi connectivity index (χ1) is 16.4. The van der Waals surface area contributed by atoms with E-state index in [1.807, 2.05) is 6.07 Å². The molecule has 0 fully saturated rings. The number of ether oxygens (including phenoxy) is 4. The molecule has 178 valence electrons. The maximum atomic E-state index is 11.1. The normalized spacial score (nSPS) is 18.2. The molecule has 8 nitrogen and oxygen atoms in total. The highest BCUT2D eigenvalue weighted by Crippen LogP contribution is 2.52. The van der Waals surface area contributed by atoms with Gasteiger partial charge in [-0.3, -0.25) is 0 Å². The van der Waals surface area contributed by atoms with Crippen LogP contribution in [0.15, 0.2) is 30.3 Å². The third-order valence-electron chi connectivity index (χ3n) is 6.67. The molecule has 3 aromatic carbocycles. The number of fused-ring (bicyclic) bond motifs is 5. The quantitative estimate of drug-likeness (QED) is 0.461. The molecule has 8 heteroatoms. The smallest absolute Gasteiger partial charge is 0.207 e. The molecule has 0 amide bonds. The molecule has 0 aromatic heterocycles. The average Bonchev–Trinajstić information content (AvgIpc) is 2.83. The zero-order valence-corrected chi connectivity index (χ0v) is 19.1. The van der Waals surface area contributed by atoms with Crippen molar-refractivity contribution in [3.05, 3.63) is 52.6 Å². The zero-order valence-electron chi connectivity index (χ0n) is 19.1. The fourth-order valence-electron chi connectivity index (χ4n) is 5.08. The minimum atomic E-state index is -0.976. The molecule has 34 heavy (non-hydrogen) atoms. The summed E-state index contributed by atoms with van der Waals surface area (Å²) in [6, 6.07) is 8.54.